The fourth-order valence-corrected chi connectivity index (χ4v) is 3.28. The van der Waals surface area contributed by atoms with E-state index in [1.165, 1.54) is 0 Å². The van der Waals surface area contributed by atoms with Gasteiger partial charge in [-0.3, -0.25) is 0 Å². The summed E-state index contributed by atoms with van der Waals surface area (Å²) >= 11 is 1.54. The Morgan fingerprint density at radius 1 is 1.06 bits per heavy atom. The third-order valence-electron chi connectivity index (χ3n) is 2.25. The van der Waals surface area contributed by atoms with Crippen molar-refractivity contribution in [3.05, 3.63) is 58.3 Å². The maximum absolute atomic E-state index is 11.8. The zero-order valence-electron chi connectivity index (χ0n) is 9.17. The molecule has 2 aromatic rings. The van der Waals surface area contributed by atoms with Crippen LogP contribution in [0.25, 0.3) is 0 Å². The van der Waals surface area contributed by atoms with Crippen molar-refractivity contribution in [3.63, 3.8) is 0 Å². The molecule has 0 aliphatic carbocycles. The molecule has 0 bridgehead atoms. The van der Waals surface area contributed by atoms with E-state index in [0.717, 1.165) is 10.4 Å². The molecule has 0 fully saturated rings. The fraction of sp³-hybridized carbons (Fsp3) is 0.167. The molecule has 0 saturated carbocycles. The van der Waals surface area contributed by atoms with Crippen LogP contribution in [0.1, 0.15) is 10.4 Å². The van der Waals surface area contributed by atoms with Gasteiger partial charge in [0.25, 0.3) is 0 Å². The molecule has 2 rings (SSSR count). The molecule has 3 nitrogen and oxygen atoms in total. The first-order valence-corrected chi connectivity index (χ1v) is 7.72. The molecular formula is C12H13NO2S2. The molecule has 1 aromatic carbocycles. The van der Waals surface area contributed by atoms with Crippen molar-refractivity contribution >= 4 is 21.4 Å². The largest absolute Gasteiger partial charge is 0.216 e. The van der Waals surface area contributed by atoms with E-state index in [1.807, 2.05) is 47.8 Å². The number of thiophene rings is 1. The van der Waals surface area contributed by atoms with E-state index in [-0.39, 0.29) is 5.75 Å². The van der Waals surface area contributed by atoms with E-state index >= 15 is 0 Å². The Morgan fingerprint density at radius 2 is 1.82 bits per heavy atom. The van der Waals surface area contributed by atoms with Crippen LogP contribution in [0.15, 0.2) is 47.8 Å². The normalized spacial score (nSPS) is 11.5. The van der Waals surface area contributed by atoms with Gasteiger partial charge in [-0.2, -0.15) is 0 Å². The Balaban J connectivity index is 1.96. The average Bonchev–Trinajstić information content (AvgIpc) is 2.80. The summed E-state index contributed by atoms with van der Waals surface area (Å²) in [5, 5.41) is 1.93. The summed E-state index contributed by atoms with van der Waals surface area (Å²) in [6, 6.07) is 13.0. The minimum absolute atomic E-state index is 0.0270. The van der Waals surface area contributed by atoms with Crippen molar-refractivity contribution in [2.45, 2.75) is 12.3 Å². The Labute approximate surface area is 105 Å². The SMILES string of the molecule is O=S(=O)(Cc1ccccc1)NCc1cccs1. The number of benzene rings is 1. The van der Waals surface area contributed by atoms with Gasteiger partial charge in [-0.15, -0.1) is 11.3 Å². The van der Waals surface area contributed by atoms with Gasteiger partial charge < -0.3 is 0 Å². The van der Waals surface area contributed by atoms with Crippen molar-refractivity contribution in [1.82, 2.24) is 4.72 Å². The van der Waals surface area contributed by atoms with Crippen LogP contribution in [0.5, 0.6) is 0 Å². The average molecular weight is 267 g/mol. The lowest BCUT2D eigenvalue weighted by Crippen LogP contribution is -2.24. The molecule has 0 radical (unpaired) electrons. The monoisotopic (exact) mass is 267 g/mol. The highest BCUT2D eigenvalue weighted by Crippen LogP contribution is 2.09. The van der Waals surface area contributed by atoms with Gasteiger partial charge >= 0.3 is 0 Å². The van der Waals surface area contributed by atoms with Crippen molar-refractivity contribution in [2.24, 2.45) is 0 Å². The van der Waals surface area contributed by atoms with Crippen LogP contribution < -0.4 is 4.72 Å². The predicted molar refractivity (Wildman–Crippen MR) is 70.2 cm³/mol. The van der Waals surface area contributed by atoms with E-state index in [4.69, 9.17) is 0 Å². The maximum Gasteiger partial charge on any atom is 0.216 e. The first kappa shape index (κ1) is 12.3. The minimum Gasteiger partial charge on any atom is -0.212 e. The Kier molecular flexibility index (Phi) is 3.93. The van der Waals surface area contributed by atoms with Gasteiger partial charge in [0, 0.05) is 11.4 Å². The lowest BCUT2D eigenvalue weighted by molar-refractivity contribution is 0.581. The highest BCUT2D eigenvalue weighted by atomic mass is 32.2. The minimum atomic E-state index is -3.25. The molecule has 0 unspecified atom stereocenters. The molecule has 90 valence electrons. The predicted octanol–water partition coefficient (Wildman–Crippen LogP) is 2.37. The zero-order valence-corrected chi connectivity index (χ0v) is 10.8. The number of nitrogens with one attached hydrogen (secondary N) is 1. The van der Waals surface area contributed by atoms with Crippen molar-refractivity contribution in [2.75, 3.05) is 0 Å². The topological polar surface area (TPSA) is 46.2 Å². The van der Waals surface area contributed by atoms with Gasteiger partial charge in [-0.1, -0.05) is 36.4 Å². The lowest BCUT2D eigenvalue weighted by Gasteiger charge is -2.05. The van der Waals surface area contributed by atoms with Crippen molar-refractivity contribution in [1.29, 1.82) is 0 Å². The second-order valence-electron chi connectivity index (χ2n) is 3.65. The highest BCUT2D eigenvalue weighted by Gasteiger charge is 2.10. The first-order valence-electron chi connectivity index (χ1n) is 5.19. The number of hydrogen-bond donors (Lipinski definition) is 1. The van der Waals surface area contributed by atoms with Crippen molar-refractivity contribution < 1.29 is 8.42 Å². The molecule has 0 atom stereocenters. The van der Waals surface area contributed by atoms with Crippen LogP contribution in [-0.2, 0) is 22.3 Å². The molecule has 1 heterocycles. The molecule has 1 N–H and O–H groups in total. The quantitative estimate of drug-likeness (QED) is 0.904. The smallest absolute Gasteiger partial charge is 0.212 e. The molecular weight excluding hydrogens is 254 g/mol. The van der Waals surface area contributed by atoms with Crippen LogP contribution in [0.2, 0.25) is 0 Å². The lowest BCUT2D eigenvalue weighted by atomic mass is 10.2. The van der Waals surface area contributed by atoms with Gasteiger partial charge in [-0.05, 0) is 17.0 Å². The summed E-state index contributed by atoms with van der Waals surface area (Å²) in [5.41, 5.74) is 0.797. The molecule has 0 amide bonds. The second-order valence-corrected chi connectivity index (χ2v) is 6.48. The molecule has 1 aromatic heterocycles. The summed E-state index contributed by atoms with van der Waals surface area (Å²) in [6.07, 6.45) is 0. The molecule has 17 heavy (non-hydrogen) atoms. The Hall–Kier alpha value is -1.17. The fourth-order valence-electron chi connectivity index (χ4n) is 1.44. The molecule has 5 heteroatoms. The van der Waals surface area contributed by atoms with Gasteiger partial charge in [0.15, 0.2) is 0 Å². The summed E-state index contributed by atoms with van der Waals surface area (Å²) in [5.74, 6) is 0.0270. The van der Waals surface area contributed by atoms with Crippen LogP contribution in [0.3, 0.4) is 0 Å². The van der Waals surface area contributed by atoms with Crippen molar-refractivity contribution in [3.8, 4) is 0 Å². The van der Waals surface area contributed by atoms with Gasteiger partial charge in [0.1, 0.15) is 0 Å². The standard InChI is InChI=1S/C12H13NO2S2/c14-17(15,10-11-5-2-1-3-6-11)13-9-12-7-4-8-16-12/h1-8,13H,9-10H2. The number of hydrogen-bond acceptors (Lipinski definition) is 3. The van der Waals surface area contributed by atoms with E-state index in [9.17, 15) is 8.42 Å². The first-order chi connectivity index (χ1) is 8.16. The van der Waals surface area contributed by atoms with Crippen LogP contribution in [0, 0.1) is 0 Å². The van der Waals surface area contributed by atoms with Gasteiger partial charge in [-0.25, -0.2) is 13.1 Å². The summed E-state index contributed by atoms with van der Waals surface area (Å²) < 4.78 is 26.2. The van der Waals surface area contributed by atoms with E-state index < -0.39 is 10.0 Å². The van der Waals surface area contributed by atoms with E-state index in [2.05, 4.69) is 4.72 Å². The zero-order chi connectivity index (χ0) is 12.1. The highest BCUT2D eigenvalue weighted by molar-refractivity contribution is 7.88. The third kappa shape index (κ3) is 3.96. The number of rotatable bonds is 5. The molecule has 0 saturated heterocycles. The summed E-state index contributed by atoms with van der Waals surface area (Å²) in [4.78, 5) is 1.02. The third-order valence-corrected chi connectivity index (χ3v) is 4.42. The summed E-state index contributed by atoms with van der Waals surface area (Å²) in [6.45, 7) is 0.368. The van der Waals surface area contributed by atoms with E-state index in [1.54, 1.807) is 11.3 Å². The van der Waals surface area contributed by atoms with Crippen LogP contribution in [0.4, 0.5) is 0 Å². The Bertz CT molecular complexity index is 547. The second kappa shape index (κ2) is 5.44. The van der Waals surface area contributed by atoms with Crippen LogP contribution >= 0.6 is 11.3 Å². The van der Waals surface area contributed by atoms with Crippen LogP contribution in [-0.4, -0.2) is 8.42 Å². The summed E-state index contributed by atoms with van der Waals surface area (Å²) in [7, 11) is -3.25. The molecule has 0 aliphatic rings. The number of sulfonamides is 1. The Morgan fingerprint density at radius 3 is 2.47 bits per heavy atom. The van der Waals surface area contributed by atoms with E-state index in [0.29, 0.717) is 6.54 Å². The molecule has 0 aliphatic heterocycles. The van der Waals surface area contributed by atoms with Gasteiger partial charge in [0.05, 0.1) is 5.75 Å². The van der Waals surface area contributed by atoms with Gasteiger partial charge in [0.2, 0.25) is 10.0 Å². The molecule has 0 spiro atoms. The maximum atomic E-state index is 11.8.